The SMILES string of the molecule is COC(=O)CCOc1cccc(Nc2nc(-c3ccc(Cl)cc3)cc(-c3ccc(Cl)cc3)n2)c1. The molecule has 1 aromatic heterocycles. The number of benzene rings is 3. The number of halogens is 2. The molecule has 34 heavy (non-hydrogen) atoms. The van der Waals surface area contributed by atoms with Crippen molar-refractivity contribution in [2.75, 3.05) is 19.0 Å². The molecule has 0 aliphatic carbocycles. The summed E-state index contributed by atoms with van der Waals surface area (Å²) in [6, 6.07) is 24.2. The number of esters is 1. The van der Waals surface area contributed by atoms with Crippen molar-refractivity contribution in [3.05, 3.63) is 88.9 Å². The predicted octanol–water partition coefficient (Wildman–Crippen LogP) is 6.80. The predicted molar refractivity (Wildman–Crippen MR) is 135 cm³/mol. The molecule has 1 N–H and O–H groups in total. The maximum Gasteiger partial charge on any atom is 0.308 e. The minimum Gasteiger partial charge on any atom is -0.493 e. The second-order valence-electron chi connectivity index (χ2n) is 7.30. The second kappa shape index (κ2) is 11.0. The molecular formula is C26H21Cl2N3O3. The molecule has 0 aliphatic rings. The molecule has 0 aliphatic heterocycles. The first-order chi connectivity index (χ1) is 16.5. The normalized spacial score (nSPS) is 10.6. The van der Waals surface area contributed by atoms with Crippen LogP contribution in [0.2, 0.25) is 10.0 Å². The summed E-state index contributed by atoms with van der Waals surface area (Å²) >= 11 is 12.1. The first kappa shape index (κ1) is 23.5. The van der Waals surface area contributed by atoms with Crippen molar-refractivity contribution in [1.29, 1.82) is 0 Å². The van der Waals surface area contributed by atoms with Crippen molar-refractivity contribution in [1.82, 2.24) is 9.97 Å². The van der Waals surface area contributed by atoms with Gasteiger partial charge in [0.1, 0.15) is 5.75 Å². The van der Waals surface area contributed by atoms with E-state index in [0.717, 1.165) is 28.2 Å². The van der Waals surface area contributed by atoms with Gasteiger partial charge in [-0.2, -0.15) is 0 Å². The second-order valence-corrected chi connectivity index (χ2v) is 8.18. The van der Waals surface area contributed by atoms with Crippen LogP contribution in [0, 0.1) is 0 Å². The van der Waals surface area contributed by atoms with Crippen molar-refractivity contribution in [2.24, 2.45) is 0 Å². The zero-order valence-corrected chi connectivity index (χ0v) is 19.8. The van der Waals surface area contributed by atoms with E-state index < -0.39 is 0 Å². The summed E-state index contributed by atoms with van der Waals surface area (Å²) in [5.41, 5.74) is 4.04. The fourth-order valence-electron chi connectivity index (χ4n) is 3.19. The fraction of sp³-hybridized carbons (Fsp3) is 0.115. The van der Waals surface area contributed by atoms with Crippen LogP contribution in [0.5, 0.6) is 5.75 Å². The first-order valence-electron chi connectivity index (χ1n) is 10.5. The first-order valence-corrected chi connectivity index (χ1v) is 11.2. The highest BCUT2D eigenvalue weighted by molar-refractivity contribution is 6.30. The molecule has 6 nitrogen and oxygen atoms in total. The Bertz CT molecular complexity index is 1220. The molecular weight excluding hydrogens is 473 g/mol. The van der Waals surface area contributed by atoms with E-state index in [0.29, 0.717) is 21.7 Å². The molecule has 0 bridgehead atoms. The van der Waals surface area contributed by atoms with Crippen molar-refractivity contribution in [3.63, 3.8) is 0 Å². The molecule has 0 unspecified atom stereocenters. The van der Waals surface area contributed by atoms with Gasteiger partial charge < -0.3 is 14.8 Å². The van der Waals surface area contributed by atoms with Gasteiger partial charge in [-0.3, -0.25) is 4.79 Å². The van der Waals surface area contributed by atoms with Gasteiger partial charge in [0, 0.05) is 32.9 Å². The fourth-order valence-corrected chi connectivity index (χ4v) is 3.44. The molecule has 0 radical (unpaired) electrons. The quantitative estimate of drug-likeness (QED) is 0.272. The van der Waals surface area contributed by atoms with E-state index in [1.807, 2.05) is 78.9 Å². The number of aromatic nitrogens is 2. The van der Waals surface area contributed by atoms with Gasteiger partial charge in [-0.1, -0.05) is 53.5 Å². The third kappa shape index (κ3) is 6.25. The van der Waals surface area contributed by atoms with E-state index >= 15 is 0 Å². The molecule has 4 rings (SSSR count). The van der Waals surface area contributed by atoms with Gasteiger partial charge in [0.05, 0.1) is 31.5 Å². The largest absolute Gasteiger partial charge is 0.493 e. The number of rotatable bonds is 8. The molecule has 0 atom stereocenters. The van der Waals surface area contributed by atoms with Crippen LogP contribution < -0.4 is 10.1 Å². The van der Waals surface area contributed by atoms with Crippen molar-refractivity contribution >= 4 is 40.8 Å². The van der Waals surface area contributed by atoms with E-state index in [1.165, 1.54) is 7.11 Å². The molecule has 0 spiro atoms. The third-order valence-corrected chi connectivity index (χ3v) is 5.40. The highest BCUT2D eigenvalue weighted by Gasteiger charge is 2.10. The lowest BCUT2D eigenvalue weighted by Crippen LogP contribution is -2.07. The zero-order chi connectivity index (χ0) is 23.9. The maximum atomic E-state index is 11.3. The Labute approximate surface area is 207 Å². The summed E-state index contributed by atoms with van der Waals surface area (Å²) in [7, 11) is 1.35. The average Bonchev–Trinajstić information content (AvgIpc) is 2.85. The standard InChI is InChI=1S/C26H21Cl2N3O3/c1-33-25(32)13-14-34-22-4-2-3-21(15-22)29-26-30-23(17-5-9-19(27)10-6-17)16-24(31-26)18-7-11-20(28)12-8-18/h2-12,15-16H,13-14H2,1H3,(H,29,30,31). The summed E-state index contributed by atoms with van der Waals surface area (Å²) < 4.78 is 10.3. The highest BCUT2D eigenvalue weighted by Crippen LogP contribution is 2.28. The smallest absolute Gasteiger partial charge is 0.308 e. The van der Waals surface area contributed by atoms with Crippen LogP contribution >= 0.6 is 23.2 Å². The van der Waals surface area contributed by atoms with E-state index in [-0.39, 0.29) is 19.0 Å². The monoisotopic (exact) mass is 493 g/mol. The van der Waals surface area contributed by atoms with Crippen molar-refractivity contribution in [3.8, 4) is 28.3 Å². The van der Waals surface area contributed by atoms with Crippen molar-refractivity contribution < 1.29 is 14.3 Å². The number of nitrogens with one attached hydrogen (secondary N) is 1. The number of ether oxygens (including phenoxy) is 2. The topological polar surface area (TPSA) is 73.3 Å². The van der Waals surface area contributed by atoms with Gasteiger partial charge in [-0.25, -0.2) is 9.97 Å². The van der Waals surface area contributed by atoms with E-state index in [4.69, 9.17) is 37.9 Å². The van der Waals surface area contributed by atoms with Gasteiger partial charge in [0.2, 0.25) is 5.95 Å². The number of carbonyl (C=O) groups is 1. The lowest BCUT2D eigenvalue weighted by Gasteiger charge is -2.12. The van der Waals surface area contributed by atoms with Gasteiger partial charge in [-0.05, 0) is 42.5 Å². The van der Waals surface area contributed by atoms with Crippen LogP contribution in [-0.4, -0.2) is 29.7 Å². The Morgan fingerprint density at radius 1 is 0.853 bits per heavy atom. The molecule has 3 aromatic carbocycles. The summed E-state index contributed by atoms with van der Waals surface area (Å²) in [5, 5.41) is 4.55. The number of anilines is 2. The average molecular weight is 494 g/mol. The number of nitrogens with zero attached hydrogens (tertiary/aromatic N) is 2. The van der Waals surface area contributed by atoms with Gasteiger partial charge in [0.25, 0.3) is 0 Å². The van der Waals surface area contributed by atoms with Crippen molar-refractivity contribution in [2.45, 2.75) is 6.42 Å². The van der Waals surface area contributed by atoms with Gasteiger partial charge in [-0.15, -0.1) is 0 Å². The molecule has 172 valence electrons. The molecule has 0 saturated carbocycles. The number of hydrogen-bond acceptors (Lipinski definition) is 6. The Morgan fingerprint density at radius 3 is 2.00 bits per heavy atom. The molecule has 4 aromatic rings. The number of carbonyl (C=O) groups excluding carboxylic acids is 1. The number of hydrogen-bond donors (Lipinski definition) is 1. The zero-order valence-electron chi connectivity index (χ0n) is 18.3. The maximum absolute atomic E-state index is 11.3. The minimum atomic E-state index is -0.323. The Balaban J connectivity index is 1.63. The van der Waals surface area contributed by atoms with Crippen LogP contribution in [0.1, 0.15) is 6.42 Å². The number of methoxy groups -OCH3 is 1. The molecule has 0 saturated heterocycles. The molecule has 0 fully saturated rings. The summed E-state index contributed by atoms with van der Waals surface area (Å²) in [6.45, 7) is 0.222. The van der Waals surface area contributed by atoms with Crippen LogP contribution in [-0.2, 0) is 9.53 Å². The van der Waals surface area contributed by atoms with E-state index in [1.54, 1.807) is 0 Å². The van der Waals surface area contributed by atoms with E-state index in [9.17, 15) is 4.79 Å². The van der Waals surface area contributed by atoms with Gasteiger partial charge in [0.15, 0.2) is 0 Å². The van der Waals surface area contributed by atoms with Crippen LogP contribution in [0.3, 0.4) is 0 Å². The minimum absolute atomic E-state index is 0.171. The van der Waals surface area contributed by atoms with Crippen LogP contribution in [0.15, 0.2) is 78.9 Å². The molecule has 1 heterocycles. The van der Waals surface area contributed by atoms with E-state index in [2.05, 4.69) is 10.1 Å². The Kier molecular flexibility index (Phi) is 7.62. The van der Waals surface area contributed by atoms with Crippen LogP contribution in [0.25, 0.3) is 22.5 Å². The molecule has 0 amide bonds. The van der Waals surface area contributed by atoms with Crippen LogP contribution in [0.4, 0.5) is 11.6 Å². The molecule has 8 heteroatoms. The Morgan fingerprint density at radius 2 is 1.44 bits per heavy atom. The summed E-state index contributed by atoms with van der Waals surface area (Å²) in [4.78, 5) is 20.7. The third-order valence-electron chi connectivity index (χ3n) is 4.90. The lowest BCUT2D eigenvalue weighted by molar-refractivity contribution is -0.141. The Hall–Kier alpha value is -3.61. The summed E-state index contributed by atoms with van der Waals surface area (Å²) in [6.07, 6.45) is 0.171. The summed E-state index contributed by atoms with van der Waals surface area (Å²) in [5.74, 6) is 0.709. The lowest BCUT2D eigenvalue weighted by atomic mass is 10.1. The highest BCUT2D eigenvalue weighted by atomic mass is 35.5. The van der Waals surface area contributed by atoms with Gasteiger partial charge >= 0.3 is 5.97 Å².